The minimum Gasteiger partial charge on any atom is -0.342 e. The molecule has 148 valence electrons. The van der Waals surface area contributed by atoms with Gasteiger partial charge in [0.2, 0.25) is 5.91 Å². The first-order valence-corrected chi connectivity index (χ1v) is 11.7. The van der Waals surface area contributed by atoms with Gasteiger partial charge in [-0.05, 0) is 38.3 Å². The first kappa shape index (κ1) is 19.6. The number of benzene rings is 1. The van der Waals surface area contributed by atoms with Crippen LogP contribution >= 0.6 is 23.5 Å². The van der Waals surface area contributed by atoms with Crippen molar-refractivity contribution < 1.29 is 4.79 Å². The van der Waals surface area contributed by atoms with Crippen LogP contribution in [0.2, 0.25) is 0 Å². The van der Waals surface area contributed by atoms with Crippen molar-refractivity contribution in [3.8, 4) is 5.69 Å². The Morgan fingerprint density at radius 2 is 1.93 bits per heavy atom. The first-order valence-electron chi connectivity index (χ1n) is 9.83. The maximum Gasteiger partial charge on any atom is 0.272 e. The second kappa shape index (κ2) is 8.33. The van der Waals surface area contributed by atoms with Crippen molar-refractivity contribution in [2.75, 3.05) is 18.8 Å². The zero-order valence-electron chi connectivity index (χ0n) is 16.3. The van der Waals surface area contributed by atoms with Gasteiger partial charge in [0.1, 0.15) is 0 Å². The van der Waals surface area contributed by atoms with E-state index in [1.165, 1.54) is 18.2 Å². The second-order valence-corrected chi connectivity index (χ2v) is 9.90. The van der Waals surface area contributed by atoms with E-state index in [1.54, 1.807) is 16.3 Å². The van der Waals surface area contributed by atoms with Gasteiger partial charge in [0.05, 0.1) is 22.0 Å². The van der Waals surface area contributed by atoms with Crippen LogP contribution in [0.1, 0.15) is 37.4 Å². The van der Waals surface area contributed by atoms with Gasteiger partial charge in [0.15, 0.2) is 5.16 Å². The summed E-state index contributed by atoms with van der Waals surface area (Å²) in [6, 6.07) is 7.89. The normalized spacial score (nSPS) is 18.9. The minimum absolute atomic E-state index is 0.0175. The Morgan fingerprint density at radius 3 is 2.64 bits per heavy atom. The van der Waals surface area contributed by atoms with Crippen molar-refractivity contribution in [1.29, 1.82) is 0 Å². The number of nitrogens with zero attached hydrogens (tertiary/aromatic N) is 3. The highest BCUT2D eigenvalue weighted by Crippen LogP contribution is 2.35. The van der Waals surface area contributed by atoms with E-state index in [9.17, 15) is 9.59 Å². The van der Waals surface area contributed by atoms with E-state index in [4.69, 9.17) is 4.98 Å². The third-order valence-electron chi connectivity index (χ3n) is 5.21. The Kier molecular flexibility index (Phi) is 5.83. The largest absolute Gasteiger partial charge is 0.342 e. The molecule has 2 aliphatic heterocycles. The van der Waals surface area contributed by atoms with Crippen molar-refractivity contribution in [1.82, 2.24) is 14.5 Å². The lowest BCUT2D eigenvalue weighted by Gasteiger charge is -2.26. The number of fused-ring (bicyclic) bond motifs is 1. The number of rotatable bonds is 4. The lowest BCUT2D eigenvalue weighted by atomic mass is 10.1. The fourth-order valence-corrected chi connectivity index (χ4v) is 5.71. The van der Waals surface area contributed by atoms with Gasteiger partial charge >= 0.3 is 0 Å². The fourth-order valence-electron chi connectivity index (χ4n) is 3.68. The van der Waals surface area contributed by atoms with E-state index in [2.05, 4.69) is 6.92 Å². The molecule has 2 aromatic rings. The molecule has 3 heterocycles. The Morgan fingerprint density at radius 1 is 1.21 bits per heavy atom. The monoisotopic (exact) mass is 415 g/mol. The molecule has 1 aromatic carbocycles. The number of carbonyl (C=O) groups is 1. The molecular formula is C21H25N3O2S2. The molecule has 0 bridgehead atoms. The number of hydrogen-bond acceptors (Lipinski definition) is 5. The Bertz CT molecular complexity index is 934. The van der Waals surface area contributed by atoms with Crippen LogP contribution in [0.5, 0.6) is 0 Å². The summed E-state index contributed by atoms with van der Waals surface area (Å²) in [7, 11) is 0. The summed E-state index contributed by atoms with van der Waals surface area (Å²) in [5, 5.41) is 0.976. The smallest absolute Gasteiger partial charge is 0.272 e. The van der Waals surface area contributed by atoms with E-state index in [0.29, 0.717) is 16.2 Å². The van der Waals surface area contributed by atoms with Crippen LogP contribution in [0.25, 0.3) is 5.69 Å². The summed E-state index contributed by atoms with van der Waals surface area (Å²) in [4.78, 5) is 33.4. The SMILES string of the molecule is Cc1ccc(-n2c(SCC(=O)N3CCCCC3)nc3c(c2=O)SC(C)C3)cc1. The van der Waals surface area contributed by atoms with Crippen LogP contribution < -0.4 is 5.56 Å². The quantitative estimate of drug-likeness (QED) is 0.563. The topological polar surface area (TPSA) is 55.2 Å². The zero-order valence-corrected chi connectivity index (χ0v) is 17.9. The highest BCUT2D eigenvalue weighted by molar-refractivity contribution is 8.00. The van der Waals surface area contributed by atoms with E-state index >= 15 is 0 Å². The van der Waals surface area contributed by atoms with Crippen molar-refractivity contribution in [2.24, 2.45) is 0 Å². The third kappa shape index (κ3) is 4.01. The number of thioether (sulfide) groups is 2. The summed E-state index contributed by atoms with van der Waals surface area (Å²) >= 11 is 2.99. The fraction of sp³-hybridized carbons (Fsp3) is 0.476. The number of piperidine rings is 1. The molecule has 28 heavy (non-hydrogen) atoms. The number of hydrogen-bond donors (Lipinski definition) is 0. The molecule has 0 N–H and O–H groups in total. The van der Waals surface area contributed by atoms with Crippen LogP contribution in [0.15, 0.2) is 39.1 Å². The van der Waals surface area contributed by atoms with E-state index in [-0.39, 0.29) is 11.5 Å². The summed E-state index contributed by atoms with van der Waals surface area (Å²) in [5.74, 6) is 0.456. The Hall–Kier alpha value is -1.73. The van der Waals surface area contributed by atoms with E-state index < -0.39 is 0 Å². The van der Waals surface area contributed by atoms with Gasteiger partial charge in [-0.3, -0.25) is 14.2 Å². The highest BCUT2D eigenvalue weighted by Gasteiger charge is 2.27. The van der Waals surface area contributed by atoms with Crippen molar-refractivity contribution in [3.63, 3.8) is 0 Å². The Labute approximate surface area is 173 Å². The maximum atomic E-state index is 13.3. The molecule has 7 heteroatoms. The van der Waals surface area contributed by atoms with Crippen molar-refractivity contribution >= 4 is 29.4 Å². The van der Waals surface area contributed by atoms with Gasteiger partial charge < -0.3 is 4.90 Å². The molecule has 1 aromatic heterocycles. The molecule has 1 saturated heterocycles. The van der Waals surface area contributed by atoms with Crippen LogP contribution in [-0.4, -0.2) is 44.5 Å². The van der Waals surface area contributed by atoms with E-state index in [1.807, 2.05) is 36.1 Å². The molecule has 0 radical (unpaired) electrons. The molecule has 2 aliphatic rings. The molecule has 1 atom stereocenters. The lowest BCUT2D eigenvalue weighted by Crippen LogP contribution is -2.37. The molecule has 4 rings (SSSR count). The molecule has 1 amide bonds. The molecular weight excluding hydrogens is 390 g/mol. The molecule has 0 aliphatic carbocycles. The molecule has 1 fully saturated rings. The number of carbonyl (C=O) groups excluding carboxylic acids is 1. The lowest BCUT2D eigenvalue weighted by molar-refractivity contribution is -0.129. The summed E-state index contributed by atoms with van der Waals surface area (Å²) in [6.45, 7) is 5.83. The van der Waals surface area contributed by atoms with Crippen molar-refractivity contribution in [3.05, 3.63) is 45.9 Å². The van der Waals surface area contributed by atoms with Gasteiger partial charge in [0, 0.05) is 24.8 Å². The predicted molar refractivity (Wildman–Crippen MR) is 115 cm³/mol. The number of amides is 1. The Balaban J connectivity index is 1.66. The average molecular weight is 416 g/mol. The van der Waals surface area contributed by atoms with Crippen LogP contribution in [-0.2, 0) is 11.2 Å². The van der Waals surface area contributed by atoms with Gasteiger partial charge in [0.25, 0.3) is 5.56 Å². The summed E-state index contributed by atoms with van der Waals surface area (Å²) in [5.41, 5.74) is 2.80. The van der Waals surface area contributed by atoms with Crippen LogP contribution in [0, 0.1) is 6.92 Å². The van der Waals surface area contributed by atoms with Gasteiger partial charge in [-0.2, -0.15) is 0 Å². The zero-order chi connectivity index (χ0) is 19.7. The number of aromatic nitrogens is 2. The van der Waals surface area contributed by atoms with Gasteiger partial charge in [-0.1, -0.05) is 36.4 Å². The highest BCUT2D eigenvalue weighted by atomic mass is 32.2. The summed E-state index contributed by atoms with van der Waals surface area (Å²) in [6.07, 6.45) is 4.16. The van der Waals surface area contributed by atoms with Gasteiger partial charge in [-0.15, -0.1) is 11.8 Å². The number of aryl methyl sites for hydroxylation is 1. The third-order valence-corrected chi connectivity index (χ3v) is 7.35. The molecule has 5 nitrogen and oxygen atoms in total. The average Bonchev–Trinajstić information content (AvgIpc) is 3.08. The minimum atomic E-state index is -0.0175. The predicted octanol–water partition coefficient (Wildman–Crippen LogP) is 3.68. The van der Waals surface area contributed by atoms with Gasteiger partial charge in [-0.25, -0.2) is 4.98 Å². The first-order chi connectivity index (χ1) is 13.5. The maximum absolute atomic E-state index is 13.3. The second-order valence-electron chi connectivity index (χ2n) is 7.51. The van der Waals surface area contributed by atoms with Crippen molar-refractivity contribution in [2.45, 2.75) is 54.8 Å². The van der Waals surface area contributed by atoms with Crippen LogP contribution in [0.3, 0.4) is 0 Å². The number of likely N-dealkylation sites (tertiary alicyclic amines) is 1. The van der Waals surface area contributed by atoms with E-state index in [0.717, 1.165) is 54.2 Å². The summed E-state index contributed by atoms with van der Waals surface area (Å²) < 4.78 is 1.68. The molecule has 0 spiro atoms. The standard InChI is InChI=1S/C21H25N3O2S2/c1-14-6-8-16(9-7-14)24-20(26)19-17(12-15(2)28-19)22-21(24)27-13-18(25)23-10-4-3-5-11-23/h6-9,15H,3-5,10-13H2,1-2H3. The molecule has 0 saturated carbocycles. The van der Waals surface area contributed by atoms with Crippen LogP contribution in [0.4, 0.5) is 0 Å². The molecule has 1 unspecified atom stereocenters.